The molecule has 39 heavy (non-hydrogen) atoms. The molecule has 2 atom stereocenters. The van der Waals surface area contributed by atoms with E-state index in [0.29, 0.717) is 29.8 Å². The maximum Gasteiger partial charge on any atom is 0.433 e. The van der Waals surface area contributed by atoms with Gasteiger partial charge in [-0.15, -0.1) is 0 Å². The van der Waals surface area contributed by atoms with Crippen LogP contribution in [0.5, 0.6) is 5.75 Å². The Labute approximate surface area is 222 Å². The van der Waals surface area contributed by atoms with Crippen LogP contribution in [0.2, 0.25) is 0 Å². The summed E-state index contributed by atoms with van der Waals surface area (Å²) in [5.74, 6) is -1.00. The monoisotopic (exact) mass is 544 g/mol. The molecule has 2 aromatic rings. The summed E-state index contributed by atoms with van der Waals surface area (Å²) in [5.41, 5.74) is 0.266. The van der Waals surface area contributed by atoms with Crippen molar-refractivity contribution < 1.29 is 37.1 Å². The van der Waals surface area contributed by atoms with E-state index in [1.807, 2.05) is 0 Å². The lowest BCUT2D eigenvalue weighted by molar-refractivity contribution is -0.141. The number of halogens is 3. The summed E-state index contributed by atoms with van der Waals surface area (Å²) >= 11 is 0. The van der Waals surface area contributed by atoms with Gasteiger partial charge < -0.3 is 14.5 Å². The van der Waals surface area contributed by atoms with Crippen molar-refractivity contribution in [3.8, 4) is 5.75 Å². The molecule has 3 aliphatic rings. The van der Waals surface area contributed by atoms with E-state index >= 15 is 0 Å². The Kier molecular flexibility index (Phi) is 7.04. The van der Waals surface area contributed by atoms with Crippen LogP contribution in [0.15, 0.2) is 30.3 Å². The minimum atomic E-state index is -4.59. The number of rotatable bonds is 5. The van der Waals surface area contributed by atoms with Crippen LogP contribution in [0.4, 0.5) is 13.2 Å². The third-order valence-corrected chi connectivity index (χ3v) is 7.43. The van der Waals surface area contributed by atoms with Gasteiger partial charge in [0.1, 0.15) is 24.1 Å². The van der Waals surface area contributed by atoms with Crippen LogP contribution in [0.1, 0.15) is 69.8 Å². The molecule has 0 saturated carbocycles. The molecule has 2 fully saturated rings. The van der Waals surface area contributed by atoms with Gasteiger partial charge in [-0.25, -0.2) is 4.98 Å². The van der Waals surface area contributed by atoms with E-state index in [0.717, 1.165) is 18.9 Å². The van der Waals surface area contributed by atoms with Crippen LogP contribution in [0.25, 0.3) is 0 Å². The number of nitrogens with zero attached hydrogens (tertiary/aromatic N) is 3. The number of hydrogen-bond acceptors (Lipinski definition) is 6. The number of carbonyl (C=O) groups excluding carboxylic acids is 4. The lowest BCUT2D eigenvalue weighted by Gasteiger charge is -2.36. The molecule has 2 saturated heterocycles. The van der Waals surface area contributed by atoms with Crippen molar-refractivity contribution in [3.63, 3.8) is 0 Å². The maximum absolute atomic E-state index is 13.3. The predicted octanol–water partition coefficient (Wildman–Crippen LogP) is 3.24. The first-order valence-electron chi connectivity index (χ1n) is 12.8. The van der Waals surface area contributed by atoms with Gasteiger partial charge in [0, 0.05) is 25.1 Å². The van der Waals surface area contributed by atoms with Crippen LogP contribution in [-0.4, -0.2) is 63.6 Å². The minimum Gasteiger partial charge on any atom is -0.491 e. The number of aryl methyl sites for hydroxylation is 1. The fourth-order valence-electron chi connectivity index (χ4n) is 5.37. The zero-order chi connectivity index (χ0) is 27.9. The highest BCUT2D eigenvalue weighted by atomic mass is 19.4. The van der Waals surface area contributed by atoms with E-state index in [1.54, 1.807) is 23.1 Å². The summed E-state index contributed by atoms with van der Waals surface area (Å²) in [4.78, 5) is 56.6. The molecule has 4 heterocycles. The third kappa shape index (κ3) is 5.32. The van der Waals surface area contributed by atoms with Crippen LogP contribution in [0.3, 0.4) is 0 Å². The number of fused-ring (bicyclic) bond motifs is 1. The summed E-state index contributed by atoms with van der Waals surface area (Å²) in [5, 5.41) is 2.28. The molecule has 0 aliphatic carbocycles. The molecule has 206 valence electrons. The Bertz CT molecular complexity index is 1350. The smallest absolute Gasteiger partial charge is 0.433 e. The SMILES string of the molecule is Cc1nc(C(F)(F)F)ccc1C(=O)N1CCCC[C@@H]1COc1ccc2c(c1)CN(C1CCC(=O)NC1=O)C2=O. The van der Waals surface area contributed by atoms with Gasteiger partial charge in [0.15, 0.2) is 0 Å². The highest BCUT2D eigenvalue weighted by Gasteiger charge is 2.39. The Balaban J connectivity index is 1.26. The second-order valence-corrected chi connectivity index (χ2v) is 10.0. The van der Waals surface area contributed by atoms with Crippen molar-refractivity contribution in [3.05, 3.63) is 58.4 Å². The van der Waals surface area contributed by atoms with Crippen molar-refractivity contribution in [1.29, 1.82) is 0 Å². The molecule has 12 heteroatoms. The maximum atomic E-state index is 13.3. The largest absolute Gasteiger partial charge is 0.491 e. The Morgan fingerprint density at radius 2 is 1.92 bits per heavy atom. The number of amides is 4. The fourth-order valence-corrected chi connectivity index (χ4v) is 5.37. The average molecular weight is 545 g/mol. The number of alkyl halides is 3. The topological polar surface area (TPSA) is 109 Å². The normalized spacial score (nSPS) is 21.6. The second kappa shape index (κ2) is 10.3. The highest BCUT2D eigenvalue weighted by Crippen LogP contribution is 2.31. The predicted molar refractivity (Wildman–Crippen MR) is 131 cm³/mol. The van der Waals surface area contributed by atoms with Gasteiger partial charge in [0.05, 0.1) is 17.3 Å². The van der Waals surface area contributed by atoms with E-state index in [2.05, 4.69) is 10.3 Å². The summed E-state index contributed by atoms with van der Waals surface area (Å²) in [6.07, 6.45) is -1.83. The lowest BCUT2D eigenvalue weighted by atomic mass is 10.0. The number of imide groups is 1. The average Bonchev–Trinajstić information content (AvgIpc) is 3.22. The van der Waals surface area contributed by atoms with Crippen LogP contribution < -0.4 is 10.1 Å². The van der Waals surface area contributed by atoms with E-state index in [1.165, 1.54) is 17.9 Å². The fraction of sp³-hybridized carbons (Fsp3) is 0.444. The van der Waals surface area contributed by atoms with Crippen molar-refractivity contribution in [2.24, 2.45) is 0 Å². The zero-order valence-corrected chi connectivity index (χ0v) is 21.2. The van der Waals surface area contributed by atoms with Gasteiger partial charge in [-0.3, -0.25) is 24.5 Å². The van der Waals surface area contributed by atoms with E-state index < -0.39 is 23.8 Å². The van der Waals surface area contributed by atoms with Gasteiger partial charge in [-0.05, 0) is 68.5 Å². The molecule has 4 amide bonds. The number of pyridine rings is 1. The Morgan fingerprint density at radius 3 is 2.64 bits per heavy atom. The summed E-state index contributed by atoms with van der Waals surface area (Å²) in [6, 6.07) is 6.02. The third-order valence-electron chi connectivity index (χ3n) is 7.43. The van der Waals surface area contributed by atoms with Crippen LogP contribution in [0, 0.1) is 6.92 Å². The summed E-state index contributed by atoms with van der Waals surface area (Å²) in [6.45, 7) is 2.23. The van der Waals surface area contributed by atoms with Gasteiger partial charge in [0.25, 0.3) is 11.8 Å². The number of ether oxygens (including phenoxy) is 1. The summed E-state index contributed by atoms with van der Waals surface area (Å²) in [7, 11) is 0. The molecule has 1 aromatic heterocycles. The molecule has 0 bridgehead atoms. The van der Waals surface area contributed by atoms with E-state index in [9.17, 15) is 32.3 Å². The number of carbonyl (C=O) groups is 4. The molecule has 1 unspecified atom stereocenters. The van der Waals surface area contributed by atoms with Crippen LogP contribution in [-0.2, 0) is 22.3 Å². The molecule has 1 aromatic carbocycles. The van der Waals surface area contributed by atoms with Crippen LogP contribution >= 0.6 is 0 Å². The zero-order valence-electron chi connectivity index (χ0n) is 21.2. The van der Waals surface area contributed by atoms with Gasteiger partial charge in [0.2, 0.25) is 11.8 Å². The van der Waals surface area contributed by atoms with E-state index in [-0.39, 0.29) is 61.0 Å². The van der Waals surface area contributed by atoms with Gasteiger partial charge in [-0.2, -0.15) is 13.2 Å². The molecule has 9 nitrogen and oxygen atoms in total. The molecule has 1 N–H and O–H groups in total. The molecule has 0 radical (unpaired) electrons. The molecular formula is C27H27F3N4O5. The molecule has 3 aliphatic heterocycles. The molecular weight excluding hydrogens is 517 g/mol. The standard InChI is InChI=1S/C27H27F3N4O5/c1-15-19(7-9-22(31-15)27(28,29)30)25(37)33-11-3-2-4-17(33)14-39-18-5-6-20-16(12-18)13-34(26(20)38)21-8-10-23(35)32-24(21)36/h5-7,9,12,17,21H,2-4,8,10-11,13-14H2,1H3,(H,32,35,36)/t17-,21?/m1/s1. The number of hydrogen-bond donors (Lipinski definition) is 1. The highest BCUT2D eigenvalue weighted by molar-refractivity contribution is 6.05. The number of piperidine rings is 2. The second-order valence-electron chi connectivity index (χ2n) is 10.0. The van der Waals surface area contributed by atoms with Crippen molar-refractivity contribution in [2.45, 2.75) is 63.8 Å². The molecule has 0 spiro atoms. The minimum absolute atomic E-state index is 0.0175. The first kappa shape index (κ1) is 26.6. The van der Waals surface area contributed by atoms with Crippen molar-refractivity contribution in [2.75, 3.05) is 13.2 Å². The Morgan fingerprint density at radius 1 is 1.13 bits per heavy atom. The van der Waals surface area contributed by atoms with Crippen molar-refractivity contribution >= 4 is 23.6 Å². The number of aromatic nitrogens is 1. The first-order valence-corrected chi connectivity index (χ1v) is 12.8. The number of benzene rings is 1. The molecule has 5 rings (SSSR count). The van der Waals surface area contributed by atoms with Gasteiger partial charge in [-0.1, -0.05) is 0 Å². The lowest BCUT2D eigenvalue weighted by Crippen LogP contribution is -2.52. The van der Waals surface area contributed by atoms with Crippen molar-refractivity contribution in [1.82, 2.24) is 20.1 Å². The first-order chi connectivity index (χ1) is 18.5. The van der Waals surface area contributed by atoms with E-state index in [4.69, 9.17) is 4.74 Å². The Hall–Kier alpha value is -3.96. The summed E-state index contributed by atoms with van der Waals surface area (Å²) < 4.78 is 45.0. The number of nitrogens with one attached hydrogen (secondary N) is 1. The quantitative estimate of drug-likeness (QED) is 0.579. The number of likely N-dealkylation sites (tertiary alicyclic amines) is 1. The van der Waals surface area contributed by atoms with Gasteiger partial charge >= 0.3 is 6.18 Å².